The quantitative estimate of drug-likeness (QED) is 0.379. The second-order valence-electron chi connectivity index (χ2n) is 5.93. The normalized spacial score (nSPS) is 11.4. The van der Waals surface area contributed by atoms with Crippen molar-refractivity contribution >= 4 is 16.9 Å². The molecule has 28 heavy (non-hydrogen) atoms. The third-order valence-electron chi connectivity index (χ3n) is 3.90. The minimum absolute atomic E-state index is 0.278. The van der Waals surface area contributed by atoms with Crippen LogP contribution < -0.4 is 0 Å². The maximum atomic E-state index is 12.5. The van der Waals surface area contributed by atoms with Crippen molar-refractivity contribution in [1.29, 1.82) is 0 Å². The van der Waals surface area contributed by atoms with Gasteiger partial charge in [-0.2, -0.15) is 13.2 Å². The summed E-state index contributed by atoms with van der Waals surface area (Å²) in [5, 5.41) is 0. The predicted octanol–water partition coefficient (Wildman–Crippen LogP) is 5.89. The van der Waals surface area contributed by atoms with Crippen molar-refractivity contribution in [3.8, 4) is 0 Å². The number of ether oxygens (including phenoxy) is 1. The van der Waals surface area contributed by atoms with E-state index >= 15 is 0 Å². The summed E-state index contributed by atoms with van der Waals surface area (Å²) in [4.78, 5) is 15.3. The van der Waals surface area contributed by atoms with Gasteiger partial charge >= 0.3 is 12.1 Å². The monoisotopic (exact) mass is 403 g/mol. The molecule has 2 nitrogen and oxygen atoms in total. The minimum Gasteiger partial charge on any atom is -0.462 e. The van der Waals surface area contributed by atoms with Crippen LogP contribution in [0, 0.1) is 0 Å². The van der Waals surface area contributed by atoms with Gasteiger partial charge in [0.15, 0.2) is 14.7 Å². The molecule has 0 N–H and O–H groups in total. The summed E-state index contributed by atoms with van der Waals surface area (Å²) in [5.41, 5.74) is 0.278. The van der Waals surface area contributed by atoms with Crippen molar-refractivity contribution in [2.45, 2.75) is 27.3 Å². The maximum Gasteiger partial charge on any atom is 0.392 e. The van der Waals surface area contributed by atoms with Crippen LogP contribution in [0.4, 0.5) is 13.2 Å². The maximum absolute atomic E-state index is 12.5. The summed E-state index contributed by atoms with van der Waals surface area (Å²) < 4.78 is 42.0. The molecule has 0 radical (unpaired) electrons. The molecule has 0 unspecified atom stereocenters. The summed E-state index contributed by atoms with van der Waals surface area (Å²) in [6, 6.07) is 26.3. The summed E-state index contributed by atoms with van der Waals surface area (Å²) in [7, 11) is -0.592. The number of alkyl halides is 3. The number of hydrogen-bond acceptors (Lipinski definition) is 2. The van der Waals surface area contributed by atoms with Crippen molar-refractivity contribution in [1.82, 2.24) is 0 Å². The van der Waals surface area contributed by atoms with Gasteiger partial charge in [-0.25, -0.2) is 4.79 Å². The van der Waals surface area contributed by atoms with Crippen molar-refractivity contribution in [2.24, 2.45) is 0 Å². The molecular formula is C22H18F3O2S+. The third-order valence-corrected chi connectivity index (χ3v) is 6.19. The molecule has 0 aliphatic rings. The number of benzene rings is 3. The molecule has 3 aromatic carbocycles. The van der Waals surface area contributed by atoms with E-state index in [2.05, 4.69) is 0 Å². The Kier molecular flexibility index (Phi) is 6.41. The van der Waals surface area contributed by atoms with Crippen LogP contribution in [0.25, 0.3) is 0 Å². The SMILES string of the molecule is O=C(OCCC(F)(F)F)c1ccccc1[S+](c1ccccc1)c1ccccc1. The fourth-order valence-corrected chi connectivity index (χ4v) is 4.88. The van der Waals surface area contributed by atoms with Gasteiger partial charge in [-0.05, 0) is 36.4 Å². The molecule has 0 spiro atoms. The topological polar surface area (TPSA) is 26.3 Å². The fourth-order valence-electron chi connectivity index (χ4n) is 2.65. The van der Waals surface area contributed by atoms with Crippen LogP contribution in [0.2, 0.25) is 0 Å². The molecule has 144 valence electrons. The lowest BCUT2D eigenvalue weighted by molar-refractivity contribution is -0.141. The standard InChI is InChI=1S/C22H18F3O2S/c23-22(24,25)15-16-27-21(26)19-13-7-8-14-20(19)28(17-9-3-1-4-10-17)18-11-5-2-6-12-18/h1-14H,15-16H2/q+1. The molecule has 0 aromatic heterocycles. The van der Waals surface area contributed by atoms with Crippen LogP contribution in [-0.2, 0) is 15.6 Å². The Labute approximate surface area is 164 Å². The van der Waals surface area contributed by atoms with Crippen molar-refractivity contribution in [3.63, 3.8) is 0 Å². The van der Waals surface area contributed by atoms with Gasteiger partial charge in [-0.15, -0.1) is 0 Å². The van der Waals surface area contributed by atoms with Crippen LogP contribution in [0.5, 0.6) is 0 Å². The van der Waals surface area contributed by atoms with E-state index in [1.165, 1.54) is 0 Å². The molecule has 3 rings (SSSR count). The molecule has 0 aliphatic carbocycles. The molecule has 0 bridgehead atoms. The number of halogens is 3. The second kappa shape index (κ2) is 8.97. The fraction of sp³-hybridized carbons (Fsp3) is 0.136. The lowest BCUT2D eigenvalue weighted by Gasteiger charge is -2.12. The first kappa shape index (κ1) is 20.0. The summed E-state index contributed by atoms with van der Waals surface area (Å²) >= 11 is 0. The van der Waals surface area contributed by atoms with E-state index in [1.54, 1.807) is 12.1 Å². The van der Waals surface area contributed by atoms with Crippen molar-refractivity contribution in [2.75, 3.05) is 6.61 Å². The Balaban J connectivity index is 1.97. The number of carbonyl (C=O) groups excluding carboxylic acids is 1. The summed E-state index contributed by atoms with van der Waals surface area (Å²) in [6.07, 6.45) is -5.53. The molecule has 0 amide bonds. The Hall–Kier alpha value is -2.73. The van der Waals surface area contributed by atoms with E-state index in [0.29, 0.717) is 0 Å². The molecular weight excluding hydrogens is 385 g/mol. The smallest absolute Gasteiger partial charge is 0.392 e. The van der Waals surface area contributed by atoms with E-state index in [1.807, 2.05) is 72.8 Å². The number of carbonyl (C=O) groups is 1. The van der Waals surface area contributed by atoms with Crippen LogP contribution in [-0.4, -0.2) is 18.8 Å². The zero-order valence-electron chi connectivity index (χ0n) is 14.9. The highest BCUT2D eigenvalue weighted by atomic mass is 32.2. The lowest BCUT2D eigenvalue weighted by atomic mass is 10.2. The highest BCUT2D eigenvalue weighted by molar-refractivity contribution is 7.97. The number of hydrogen-bond donors (Lipinski definition) is 0. The van der Waals surface area contributed by atoms with E-state index < -0.39 is 36.1 Å². The number of rotatable bonds is 6. The average molecular weight is 403 g/mol. The Bertz CT molecular complexity index is 872. The Morgan fingerprint density at radius 1 is 0.786 bits per heavy atom. The van der Waals surface area contributed by atoms with E-state index in [4.69, 9.17) is 4.74 Å². The predicted molar refractivity (Wildman–Crippen MR) is 102 cm³/mol. The zero-order chi connectivity index (χ0) is 20.0. The van der Waals surface area contributed by atoms with Gasteiger partial charge in [-0.3, -0.25) is 0 Å². The highest BCUT2D eigenvalue weighted by Gasteiger charge is 2.34. The van der Waals surface area contributed by atoms with E-state index in [0.717, 1.165) is 14.7 Å². The average Bonchev–Trinajstić information content (AvgIpc) is 2.69. The van der Waals surface area contributed by atoms with Crippen LogP contribution >= 0.6 is 0 Å². The highest BCUT2D eigenvalue weighted by Crippen LogP contribution is 2.33. The second-order valence-corrected chi connectivity index (χ2v) is 7.92. The van der Waals surface area contributed by atoms with Gasteiger partial charge in [0.05, 0.1) is 6.42 Å². The van der Waals surface area contributed by atoms with Crippen LogP contribution in [0.1, 0.15) is 16.8 Å². The van der Waals surface area contributed by atoms with E-state index in [9.17, 15) is 18.0 Å². The Morgan fingerprint density at radius 3 is 1.82 bits per heavy atom. The van der Waals surface area contributed by atoms with Gasteiger partial charge in [-0.1, -0.05) is 48.5 Å². The van der Waals surface area contributed by atoms with Gasteiger partial charge in [0.1, 0.15) is 23.1 Å². The van der Waals surface area contributed by atoms with Gasteiger partial charge in [0.2, 0.25) is 0 Å². The summed E-state index contributed by atoms with van der Waals surface area (Å²) in [5.74, 6) is -0.746. The first-order valence-corrected chi connectivity index (χ1v) is 9.85. The largest absolute Gasteiger partial charge is 0.462 e. The Morgan fingerprint density at radius 2 is 1.29 bits per heavy atom. The molecule has 0 saturated heterocycles. The lowest BCUT2D eigenvalue weighted by Crippen LogP contribution is -2.17. The van der Waals surface area contributed by atoms with Gasteiger partial charge in [0.25, 0.3) is 0 Å². The first-order valence-electron chi connectivity index (χ1n) is 8.63. The molecule has 6 heteroatoms. The molecule has 0 heterocycles. The van der Waals surface area contributed by atoms with Gasteiger partial charge < -0.3 is 4.74 Å². The van der Waals surface area contributed by atoms with Gasteiger partial charge in [0, 0.05) is 0 Å². The van der Waals surface area contributed by atoms with Crippen molar-refractivity contribution < 1.29 is 22.7 Å². The molecule has 0 aliphatic heterocycles. The minimum atomic E-state index is -4.36. The van der Waals surface area contributed by atoms with E-state index in [-0.39, 0.29) is 5.56 Å². The zero-order valence-corrected chi connectivity index (χ0v) is 15.7. The molecule has 3 aromatic rings. The molecule has 0 atom stereocenters. The van der Waals surface area contributed by atoms with Crippen molar-refractivity contribution in [3.05, 3.63) is 90.5 Å². The molecule has 0 saturated carbocycles. The van der Waals surface area contributed by atoms with Crippen LogP contribution in [0.3, 0.4) is 0 Å². The third kappa shape index (κ3) is 5.16. The first-order chi connectivity index (χ1) is 13.5. The summed E-state index contributed by atoms with van der Waals surface area (Å²) in [6.45, 7) is -0.693. The molecule has 0 fully saturated rings. The van der Waals surface area contributed by atoms with Crippen LogP contribution in [0.15, 0.2) is 99.6 Å². The number of esters is 1.